The molecule has 0 heterocycles. The summed E-state index contributed by atoms with van der Waals surface area (Å²) < 4.78 is 28.0. The molecule has 0 fully saturated rings. The van der Waals surface area contributed by atoms with E-state index in [0.717, 1.165) is 6.42 Å². The second kappa shape index (κ2) is 11.7. The molecule has 1 N–H and O–H groups in total. The summed E-state index contributed by atoms with van der Waals surface area (Å²) >= 11 is 1.26. The highest BCUT2D eigenvalue weighted by Gasteiger charge is 2.27. The minimum atomic E-state index is -0.764. The van der Waals surface area contributed by atoms with E-state index >= 15 is 0 Å². The van der Waals surface area contributed by atoms with E-state index in [-0.39, 0.29) is 36.0 Å². The SMILES string of the molecule is CC[C@H](C)NC(=O)[C@@H](C)N(Cc1ccccc1F)C(=O)CSCc1ccccc1F. The predicted molar refractivity (Wildman–Crippen MR) is 117 cm³/mol. The standard InChI is InChI=1S/C23H28F2N2O2S/c1-4-16(2)26-23(29)17(3)27(13-18-9-5-7-11-20(18)24)22(28)15-30-14-19-10-6-8-12-21(19)25/h5-12,16-17H,4,13-15H2,1-3H3,(H,26,29)/t16-,17+/m0/s1. The minimum Gasteiger partial charge on any atom is -0.352 e. The summed E-state index contributed by atoms with van der Waals surface area (Å²) in [4.78, 5) is 26.9. The Hall–Kier alpha value is -2.41. The summed E-state index contributed by atoms with van der Waals surface area (Å²) in [5.74, 6) is -0.936. The van der Waals surface area contributed by atoms with Gasteiger partial charge in [0.05, 0.1) is 5.75 Å². The summed E-state index contributed by atoms with van der Waals surface area (Å²) in [6.07, 6.45) is 0.762. The third kappa shape index (κ3) is 6.83. The predicted octanol–water partition coefficient (Wildman–Crippen LogP) is 4.53. The number of rotatable bonds is 10. The van der Waals surface area contributed by atoms with Crippen LogP contribution in [0.3, 0.4) is 0 Å². The van der Waals surface area contributed by atoms with Crippen molar-refractivity contribution in [1.82, 2.24) is 10.2 Å². The number of nitrogens with one attached hydrogen (secondary N) is 1. The summed E-state index contributed by atoms with van der Waals surface area (Å²) in [6.45, 7) is 5.47. The average molecular weight is 435 g/mol. The fourth-order valence-corrected chi connectivity index (χ4v) is 3.70. The van der Waals surface area contributed by atoms with Crippen molar-refractivity contribution in [3.05, 3.63) is 71.3 Å². The molecule has 0 aliphatic rings. The van der Waals surface area contributed by atoms with Gasteiger partial charge in [0, 0.05) is 23.9 Å². The highest BCUT2D eigenvalue weighted by Crippen LogP contribution is 2.18. The van der Waals surface area contributed by atoms with Crippen LogP contribution in [0.15, 0.2) is 48.5 Å². The molecule has 0 radical (unpaired) electrons. The van der Waals surface area contributed by atoms with Gasteiger partial charge in [-0.15, -0.1) is 11.8 Å². The fraction of sp³-hybridized carbons (Fsp3) is 0.391. The fourth-order valence-electron chi connectivity index (χ4n) is 2.80. The summed E-state index contributed by atoms with van der Waals surface area (Å²) in [7, 11) is 0. The van der Waals surface area contributed by atoms with Crippen LogP contribution in [0.5, 0.6) is 0 Å². The van der Waals surface area contributed by atoms with E-state index in [2.05, 4.69) is 5.32 Å². The molecule has 2 atom stereocenters. The summed E-state index contributed by atoms with van der Waals surface area (Å²) in [5.41, 5.74) is 0.853. The Morgan fingerprint density at radius 2 is 1.57 bits per heavy atom. The molecule has 2 aromatic carbocycles. The van der Waals surface area contributed by atoms with E-state index < -0.39 is 11.9 Å². The Kier molecular flexibility index (Phi) is 9.30. The van der Waals surface area contributed by atoms with Crippen LogP contribution >= 0.6 is 11.8 Å². The lowest BCUT2D eigenvalue weighted by Gasteiger charge is -2.29. The van der Waals surface area contributed by atoms with Crippen LogP contribution in [0, 0.1) is 11.6 Å². The van der Waals surface area contributed by atoms with Gasteiger partial charge in [-0.3, -0.25) is 9.59 Å². The number of amides is 2. The Balaban J connectivity index is 2.10. The van der Waals surface area contributed by atoms with Crippen LogP contribution in [-0.4, -0.2) is 34.6 Å². The Morgan fingerprint density at radius 3 is 2.13 bits per heavy atom. The van der Waals surface area contributed by atoms with Gasteiger partial charge in [-0.25, -0.2) is 8.78 Å². The van der Waals surface area contributed by atoms with Gasteiger partial charge in [-0.2, -0.15) is 0 Å². The zero-order chi connectivity index (χ0) is 22.1. The van der Waals surface area contributed by atoms with Gasteiger partial charge in [-0.1, -0.05) is 43.3 Å². The van der Waals surface area contributed by atoms with Crippen molar-refractivity contribution in [3.8, 4) is 0 Å². The molecule has 2 aromatic rings. The molecule has 0 spiro atoms. The van der Waals surface area contributed by atoms with Crippen LogP contribution in [0.2, 0.25) is 0 Å². The Morgan fingerprint density at radius 1 is 1.00 bits per heavy atom. The minimum absolute atomic E-state index is 0.0130. The van der Waals surface area contributed by atoms with Crippen molar-refractivity contribution in [1.29, 1.82) is 0 Å². The van der Waals surface area contributed by atoms with Crippen molar-refractivity contribution in [2.75, 3.05) is 5.75 Å². The lowest BCUT2D eigenvalue weighted by molar-refractivity contribution is -0.139. The van der Waals surface area contributed by atoms with Crippen molar-refractivity contribution in [3.63, 3.8) is 0 Å². The molecule has 0 aliphatic carbocycles. The van der Waals surface area contributed by atoms with E-state index in [1.807, 2.05) is 13.8 Å². The molecular weight excluding hydrogens is 406 g/mol. The third-order valence-corrected chi connectivity index (χ3v) is 5.87. The van der Waals surface area contributed by atoms with Gasteiger partial charge in [0.2, 0.25) is 11.8 Å². The topological polar surface area (TPSA) is 49.4 Å². The van der Waals surface area contributed by atoms with E-state index in [1.165, 1.54) is 28.8 Å². The van der Waals surface area contributed by atoms with Crippen molar-refractivity contribution < 1.29 is 18.4 Å². The highest BCUT2D eigenvalue weighted by atomic mass is 32.2. The van der Waals surface area contributed by atoms with Gasteiger partial charge in [0.1, 0.15) is 17.7 Å². The van der Waals surface area contributed by atoms with Crippen LogP contribution in [0.25, 0.3) is 0 Å². The number of nitrogens with zero attached hydrogens (tertiary/aromatic N) is 1. The third-order valence-electron chi connectivity index (χ3n) is 4.91. The number of thioether (sulfide) groups is 1. The van der Waals surface area contributed by atoms with Crippen LogP contribution < -0.4 is 5.32 Å². The smallest absolute Gasteiger partial charge is 0.242 e. The number of hydrogen-bond donors (Lipinski definition) is 1. The number of carbonyl (C=O) groups excluding carboxylic acids is 2. The first kappa shape index (κ1) is 23.9. The van der Waals surface area contributed by atoms with E-state index in [9.17, 15) is 18.4 Å². The second-order valence-corrected chi connectivity index (χ2v) is 8.18. The molecule has 0 bridgehead atoms. The molecule has 2 amide bonds. The molecule has 0 saturated carbocycles. The first-order valence-corrected chi connectivity index (χ1v) is 11.1. The lowest BCUT2D eigenvalue weighted by Crippen LogP contribution is -2.50. The maximum absolute atomic E-state index is 14.2. The molecule has 0 aliphatic heterocycles. The summed E-state index contributed by atoms with van der Waals surface area (Å²) in [6, 6.07) is 11.8. The van der Waals surface area contributed by atoms with Crippen LogP contribution in [0.1, 0.15) is 38.3 Å². The van der Waals surface area contributed by atoms with Crippen LogP contribution in [0.4, 0.5) is 8.78 Å². The number of carbonyl (C=O) groups is 2. The second-order valence-electron chi connectivity index (χ2n) is 7.19. The highest BCUT2D eigenvalue weighted by molar-refractivity contribution is 7.99. The first-order valence-electron chi connectivity index (χ1n) is 9.97. The van der Waals surface area contributed by atoms with Gasteiger partial charge >= 0.3 is 0 Å². The number of benzene rings is 2. The van der Waals surface area contributed by atoms with E-state index in [4.69, 9.17) is 0 Å². The largest absolute Gasteiger partial charge is 0.352 e. The monoisotopic (exact) mass is 434 g/mol. The molecule has 2 rings (SSSR count). The normalized spacial score (nSPS) is 12.8. The number of halogens is 2. The maximum atomic E-state index is 14.2. The lowest BCUT2D eigenvalue weighted by atomic mass is 10.1. The van der Waals surface area contributed by atoms with Crippen LogP contribution in [-0.2, 0) is 21.9 Å². The van der Waals surface area contributed by atoms with Gasteiger partial charge < -0.3 is 10.2 Å². The molecule has 0 saturated heterocycles. The van der Waals surface area contributed by atoms with E-state index in [0.29, 0.717) is 16.9 Å². The molecule has 4 nitrogen and oxygen atoms in total. The van der Waals surface area contributed by atoms with Gasteiger partial charge in [-0.05, 0) is 38.0 Å². The molecular formula is C23H28F2N2O2S. The zero-order valence-electron chi connectivity index (χ0n) is 17.5. The zero-order valence-corrected chi connectivity index (χ0v) is 18.3. The molecule has 0 aromatic heterocycles. The molecule has 0 unspecified atom stereocenters. The maximum Gasteiger partial charge on any atom is 0.242 e. The quantitative estimate of drug-likeness (QED) is 0.598. The van der Waals surface area contributed by atoms with Crippen molar-refractivity contribution >= 4 is 23.6 Å². The Labute approximate surface area is 181 Å². The molecule has 30 heavy (non-hydrogen) atoms. The average Bonchev–Trinajstić information content (AvgIpc) is 2.73. The first-order chi connectivity index (χ1) is 14.3. The van der Waals surface area contributed by atoms with Crippen molar-refractivity contribution in [2.24, 2.45) is 0 Å². The Bertz CT molecular complexity index is 863. The summed E-state index contributed by atoms with van der Waals surface area (Å²) in [5, 5.41) is 2.87. The molecule has 7 heteroatoms. The van der Waals surface area contributed by atoms with Gasteiger partial charge in [0.15, 0.2) is 0 Å². The van der Waals surface area contributed by atoms with Gasteiger partial charge in [0.25, 0.3) is 0 Å². The van der Waals surface area contributed by atoms with E-state index in [1.54, 1.807) is 43.3 Å². The van der Waals surface area contributed by atoms with Crippen molar-refractivity contribution in [2.45, 2.75) is 51.6 Å². The molecule has 162 valence electrons. The number of hydrogen-bond acceptors (Lipinski definition) is 3.